The third-order valence-electron chi connectivity index (χ3n) is 4.01. The summed E-state index contributed by atoms with van der Waals surface area (Å²) in [6.45, 7) is 8.69. The number of ether oxygens (including phenoxy) is 1. The van der Waals surface area contributed by atoms with Crippen molar-refractivity contribution in [1.82, 2.24) is 15.5 Å². The molecule has 0 aromatic carbocycles. The number of hydrogen-bond acceptors (Lipinski definition) is 3. The largest absolute Gasteiger partial charge is 0.381 e. The maximum absolute atomic E-state index is 5.58. The van der Waals surface area contributed by atoms with E-state index in [1.54, 1.807) is 0 Å². The first kappa shape index (κ1) is 19.2. The van der Waals surface area contributed by atoms with Crippen molar-refractivity contribution in [3.05, 3.63) is 0 Å². The Kier molecular flexibility index (Phi) is 10.2. The Morgan fingerprint density at radius 2 is 1.91 bits per heavy atom. The van der Waals surface area contributed by atoms with Crippen molar-refractivity contribution in [3.63, 3.8) is 0 Å². The normalized spacial score (nSPS) is 16.9. The topological polar surface area (TPSA) is 48.9 Å². The molecule has 0 aromatic rings. The zero-order valence-corrected chi connectivity index (χ0v) is 15.0. The first-order valence-electron chi connectivity index (χ1n) is 8.95. The van der Waals surface area contributed by atoms with E-state index in [2.05, 4.69) is 43.5 Å². The Labute approximate surface area is 136 Å². The van der Waals surface area contributed by atoms with Crippen molar-refractivity contribution in [2.24, 2.45) is 10.9 Å². The fraction of sp³-hybridized carbons (Fsp3) is 0.941. The summed E-state index contributed by atoms with van der Waals surface area (Å²) in [7, 11) is 4.32. The third-order valence-corrected chi connectivity index (χ3v) is 4.01. The number of rotatable bonds is 12. The van der Waals surface area contributed by atoms with Gasteiger partial charge in [-0.2, -0.15) is 0 Å². The van der Waals surface area contributed by atoms with Crippen LogP contribution in [0.3, 0.4) is 0 Å². The summed E-state index contributed by atoms with van der Waals surface area (Å²) in [5.74, 6) is 1.78. The predicted molar refractivity (Wildman–Crippen MR) is 94.5 cm³/mol. The van der Waals surface area contributed by atoms with Crippen LogP contribution < -0.4 is 10.6 Å². The van der Waals surface area contributed by atoms with Crippen LogP contribution in [-0.2, 0) is 4.74 Å². The lowest BCUT2D eigenvalue weighted by atomic mass is 10.2. The van der Waals surface area contributed by atoms with Crippen LogP contribution in [0.4, 0.5) is 0 Å². The molecule has 0 aromatic heterocycles. The van der Waals surface area contributed by atoms with E-state index >= 15 is 0 Å². The van der Waals surface area contributed by atoms with Crippen LogP contribution in [0.5, 0.6) is 0 Å². The molecule has 22 heavy (non-hydrogen) atoms. The Morgan fingerprint density at radius 1 is 1.18 bits per heavy atom. The number of nitrogens with zero attached hydrogens (tertiary/aromatic N) is 2. The van der Waals surface area contributed by atoms with Crippen LogP contribution in [0, 0.1) is 5.92 Å². The van der Waals surface area contributed by atoms with Crippen molar-refractivity contribution in [1.29, 1.82) is 0 Å². The summed E-state index contributed by atoms with van der Waals surface area (Å²) in [4.78, 5) is 7.07. The van der Waals surface area contributed by atoms with Crippen LogP contribution >= 0.6 is 0 Å². The molecule has 0 radical (unpaired) electrons. The summed E-state index contributed by atoms with van der Waals surface area (Å²) < 4.78 is 5.58. The Morgan fingerprint density at radius 3 is 2.50 bits per heavy atom. The maximum atomic E-state index is 5.58. The molecular formula is C17H36N4O. The van der Waals surface area contributed by atoms with Gasteiger partial charge < -0.3 is 20.3 Å². The summed E-state index contributed by atoms with van der Waals surface area (Å²) in [5, 5.41) is 6.73. The summed E-state index contributed by atoms with van der Waals surface area (Å²) in [6.07, 6.45) is 6.09. The predicted octanol–water partition coefficient (Wildman–Crippen LogP) is 2.09. The molecule has 1 aliphatic carbocycles. The summed E-state index contributed by atoms with van der Waals surface area (Å²) in [5.41, 5.74) is 0. The van der Waals surface area contributed by atoms with Gasteiger partial charge in [0.1, 0.15) is 0 Å². The van der Waals surface area contributed by atoms with Crippen molar-refractivity contribution < 1.29 is 4.74 Å². The van der Waals surface area contributed by atoms with E-state index in [4.69, 9.17) is 9.73 Å². The van der Waals surface area contributed by atoms with Crippen molar-refractivity contribution >= 4 is 5.96 Å². The van der Waals surface area contributed by atoms with Gasteiger partial charge in [0.2, 0.25) is 0 Å². The zero-order chi connectivity index (χ0) is 16.2. The quantitative estimate of drug-likeness (QED) is 0.329. The molecule has 1 fully saturated rings. The summed E-state index contributed by atoms with van der Waals surface area (Å²) >= 11 is 0. The number of guanidine groups is 1. The van der Waals surface area contributed by atoms with Crippen LogP contribution in [0.15, 0.2) is 4.99 Å². The molecule has 0 amide bonds. The van der Waals surface area contributed by atoms with E-state index in [0.29, 0.717) is 6.04 Å². The van der Waals surface area contributed by atoms with Crippen molar-refractivity contribution in [2.45, 2.75) is 52.0 Å². The van der Waals surface area contributed by atoms with Crippen LogP contribution in [0.25, 0.3) is 0 Å². The monoisotopic (exact) mass is 312 g/mol. The van der Waals surface area contributed by atoms with Crippen LogP contribution in [0.2, 0.25) is 0 Å². The number of hydrogen-bond donors (Lipinski definition) is 2. The number of unbranched alkanes of at least 4 members (excludes halogenated alkanes) is 1. The van der Waals surface area contributed by atoms with Gasteiger partial charge >= 0.3 is 0 Å². The van der Waals surface area contributed by atoms with Gasteiger partial charge in [-0.3, -0.25) is 4.99 Å². The lowest BCUT2D eigenvalue weighted by molar-refractivity contribution is 0.129. The Balaban J connectivity index is 2.23. The number of likely N-dealkylation sites (N-methyl/N-ethyl adjacent to an activating group) is 1. The highest BCUT2D eigenvalue weighted by atomic mass is 16.5. The van der Waals surface area contributed by atoms with Gasteiger partial charge in [-0.05, 0) is 52.6 Å². The lowest BCUT2D eigenvalue weighted by Gasteiger charge is -2.23. The second-order valence-electron chi connectivity index (χ2n) is 6.33. The van der Waals surface area contributed by atoms with Crippen molar-refractivity contribution in [3.8, 4) is 0 Å². The Hall–Kier alpha value is -0.810. The summed E-state index contributed by atoms with van der Waals surface area (Å²) in [6, 6.07) is 0.577. The fourth-order valence-electron chi connectivity index (χ4n) is 2.47. The average molecular weight is 313 g/mol. The van der Waals surface area contributed by atoms with E-state index in [0.717, 1.165) is 57.6 Å². The molecule has 0 aliphatic heterocycles. The third kappa shape index (κ3) is 8.59. The minimum absolute atomic E-state index is 0.577. The molecule has 2 N–H and O–H groups in total. The van der Waals surface area contributed by atoms with E-state index < -0.39 is 0 Å². The Bertz CT molecular complexity index is 301. The minimum Gasteiger partial charge on any atom is -0.381 e. The molecule has 0 saturated heterocycles. The molecule has 0 heterocycles. The molecule has 0 bridgehead atoms. The van der Waals surface area contributed by atoms with Crippen LogP contribution in [0.1, 0.15) is 46.0 Å². The second-order valence-corrected chi connectivity index (χ2v) is 6.33. The van der Waals surface area contributed by atoms with E-state index in [1.165, 1.54) is 19.3 Å². The SMILES string of the molecule is CCCCOCCCNC(=NCC(C1CC1)N(C)C)NCC. The average Bonchev–Trinajstić information content (AvgIpc) is 3.30. The molecule has 0 spiro atoms. The number of nitrogens with one attached hydrogen (secondary N) is 2. The van der Waals surface area contributed by atoms with E-state index in [9.17, 15) is 0 Å². The molecule has 1 unspecified atom stereocenters. The maximum Gasteiger partial charge on any atom is 0.191 e. The van der Waals surface area contributed by atoms with Gasteiger partial charge in [0.15, 0.2) is 5.96 Å². The van der Waals surface area contributed by atoms with Crippen LogP contribution in [-0.4, -0.2) is 63.8 Å². The van der Waals surface area contributed by atoms with Crippen molar-refractivity contribution in [2.75, 3.05) is 46.9 Å². The zero-order valence-electron chi connectivity index (χ0n) is 15.0. The molecular weight excluding hydrogens is 276 g/mol. The van der Waals surface area contributed by atoms with Gasteiger partial charge in [-0.25, -0.2) is 0 Å². The molecule has 1 atom stereocenters. The fourth-order valence-corrected chi connectivity index (χ4v) is 2.47. The molecule has 1 aliphatic rings. The second kappa shape index (κ2) is 11.7. The molecule has 1 rings (SSSR count). The van der Waals surface area contributed by atoms with Gasteiger partial charge in [-0.1, -0.05) is 13.3 Å². The van der Waals surface area contributed by atoms with Gasteiger partial charge in [-0.15, -0.1) is 0 Å². The molecule has 5 nitrogen and oxygen atoms in total. The highest BCUT2D eigenvalue weighted by molar-refractivity contribution is 5.79. The molecule has 130 valence electrons. The van der Waals surface area contributed by atoms with Gasteiger partial charge in [0, 0.05) is 32.3 Å². The first-order chi connectivity index (χ1) is 10.7. The van der Waals surface area contributed by atoms with E-state index in [-0.39, 0.29) is 0 Å². The highest BCUT2D eigenvalue weighted by Crippen LogP contribution is 2.34. The molecule has 5 heteroatoms. The molecule has 1 saturated carbocycles. The minimum atomic E-state index is 0.577. The standard InChI is InChI=1S/C17H36N4O/c1-5-7-12-22-13-8-11-19-17(18-6-2)20-14-16(21(3)4)15-9-10-15/h15-16H,5-14H2,1-4H3,(H2,18,19,20). The lowest BCUT2D eigenvalue weighted by Crippen LogP contribution is -2.40. The van der Waals surface area contributed by atoms with Gasteiger partial charge in [0.25, 0.3) is 0 Å². The van der Waals surface area contributed by atoms with Gasteiger partial charge in [0.05, 0.1) is 6.54 Å². The first-order valence-corrected chi connectivity index (χ1v) is 8.95. The smallest absolute Gasteiger partial charge is 0.191 e. The number of aliphatic imine (C=N–C) groups is 1. The highest BCUT2D eigenvalue weighted by Gasteiger charge is 2.32. The van der Waals surface area contributed by atoms with E-state index in [1.807, 2.05) is 0 Å².